The van der Waals surface area contributed by atoms with Crippen LogP contribution < -0.4 is 5.32 Å². The van der Waals surface area contributed by atoms with Crippen molar-refractivity contribution in [1.29, 1.82) is 0 Å². The SMILES string of the molecule is Cc1ccc(COC(=O)N2CCC(CNc3nccn4cnnc34)C(F)C2)cc1. The molecule has 2 atom stereocenters. The highest BCUT2D eigenvalue weighted by Gasteiger charge is 2.32. The predicted molar refractivity (Wildman–Crippen MR) is 105 cm³/mol. The van der Waals surface area contributed by atoms with E-state index in [-0.39, 0.29) is 19.1 Å². The van der Waals surface area contributed by atoms with Crippen LogP contribution in [0, 0.1) is 12.8 Å². The third kappa shape index (κ3) is 4.44. The maximum Gasteiger partial charge on any atom is 0.410 e. The van der Waals surface area contributed by atoms with Crippen LogP contribution in [0.4, 0.5) is 15.0 Å². The lowest BCUT2D eigenvalue weighted by Crippen LogP contribution is -2.46. The first-order chi connectivity index (χ1) is 14.1. The zero-order valence-electron chi connectivity index (χ0n) is 16.2. The fourth-order valence-corrected chi connectivity index (χ4v) is 3.38. The molecule has 0 bridgehead atoms. The second-order valence-electron chi connectivity index (χ2n) is 7.27. The number of piperidine rings is 1. The number of rotatable bonds is 5. The summed E-state index contributed by atoms with van der Waals surface area (Å²) in [6.07, 6.45) is 3.90. The summed E-state index contributed by atoms with van der Waals surface area (Å²) in [6, 6.07) is 7.77. The Hall–Kier alpha value is -3.23. The fraction of sp³-hybridized carbons (Fsp3) is 0.400. The van der Waals surface area contributed by atoms with Crippen molar-refractivity contribution >= 4 is 17.6 Å². The van der Waals surface area contributed by atoms with Crippen molar-refractivity contribution in [3.05, 3.63) is 54.1 Å². The molecule has 0 aliphatic carbocycles. The summed E-state index contributed by atoms with van der Waals surface area (Å²) in [4.78, 5) is 18.0. The van der Waals surface area contributed by atoms with E-state index in [1.807, 2.05) is 31.2 Å². The minimum absolute atomic E-state index is 0.0294. The molecular formula is C20H23FN6O2. The number of nitrogens with one attached hydrogen (secondary N) is 1. The van der Waals surface area contributed by atoms with Crippen LogP contribution in [0.2, 0.25) is 0 Å². The highest BCUT2D eigenvalue weighted by atomic mass is 19.1. The number of hydrogen-bond donors (Lipinski definition) is 1. The van der Waals surface area contributed by atoms with E-state index >= 15 is 0 Å². The number of amides is 1. The van der Waals surface area contributed by atoms with Crippen LogP contribution >= 0.6 is 0 Å². The van der Waals surface area contributed by atoms with Gasteiger partial charge >= 0.3 is 6.09 Å². The molecule has 3 aromatic rings. The molecular weight excluding hydrogens is 375 g/mol. The number of alkyl halides is 1. The summed E-state index contributed by atoms with van der Waals surface area (Å²) >= 11 is 0. The number of fused-ring (bicyclic) bond motifs is 1. The van der Waals surface area contributed by atoms with Crippen molar-refractivity contribution < 1.29 is 13.9 Å². The van der Waals surface area contributed by atoms with Gasteiger partial charge in [0.25, 0.3) is 0 Å². The van der Waals surface area contributed by atoms with Crippen molar-refractivity contribution in [3.63, 3.8) is 0 Å². The molecule has 1 aliphatic heterocycles. The van der Waals surface area contributed by atoms with E-state index in [4.69, 9.17) is 4.74 Å². The van der Waals surface area contributed by atoms with Gasteiger partial charge < -0.3 is 15.0 Å². The summed E-state index contributed by atoms with van der Waals surface area (Å²) < 4.78 is 21.8. The highest BCUT2D eigenvalue weighted by molar-refractivity contribution is 5.68. The number of anilines is 1. The number of benzene rings is 1. The van der Waals surface area contributed by atoms with Gasteiger partial charge in [-0.1, -0.05) is 29.8 Å². The molecule has 1 saturated heterocycles. The molecule has 1 fully saturated rings. The van der Waals surface area contributed by atoms with Gasteiger partial charge in [0.15, 0.2) is 5.82 Å². The molecule has 0 saturated carbocycles. The summed E-state index contributed by atoms with van der Waals surface area (Å²) in [7, 11) is 0. The Kier molecular flexibility index (Phi) is 5.55. The lowest BCUT2D eigenvalue weighted by Gasteiger charge is -2.34. The first-order valence-electron chi connectivity index (χ1n) is 9.59. The summed E-state index contributed by atoms with van der Waals surface area (Å²) in [6.45, 7) is 3.08. The number of likely N-dealkylation sites (tertiary alicyclic amines) is 1. The number of ether oxygens (including phenoxy) is 1. The van der Waals surface area contributed by atoms with Crippen LogP contribution in [0.5, 0.6) is 0 Å². The molecule has 8 nitrogen and oxygen atoms in total. The minimum atomic E-state index is -1.14. The van der Waals surface area contributed by atoms with Crippen LogP contribution in [-0.4, -0.2) is 56.4 Å². The van der Waals surface area contributed by atoms with Crippen LogP contribution in [0.3, 0.4) is 0 Å². The Morgan fingerprint density at radius 1 is 1.34 bits per heavy atom. The molecule has 1 aromatic carbocycles. The predicted octanol–water partition coefficient (Wildman–Crippen LogP) is 2.84. The van der Waals surface area contributed by atoms with Crippen molar-refractivity contribution in [3.8, 4) is 0 Å². The van der Waals surface area contributed by atoms with E-state index in [0.717, 1.165) is 11.1 Å². The summed E-state index contributed by atoms with van der Waals surface area (Å²) in [5.41, 5.74) is 2.65. The fourth-order valence-electron chi connectivity index (χ4n) is 3.38. The monoisotopic (exact) mass is 398 g/mol. The van der Waals surface area contributed by atoms with E-state index in [0.29, 0.717) is 31.0 Å². The van der Waals surface area contributed by atoms with Crippen molar-refractivity contribution in [2.75, 3.05) is 25.0 Å². The Morgan fingerprint density at radius 2 is 2.17 bits per heavy atom. The Balaban J connectivity index is 1.27. The smallest absolute Gasteiger partial charge is 0.410 e. The van der Waals surface area contributed by atoms with Gasteiger partial charge in [-0.3, -0.25) is 4.40 Å². The van der Waals surface area contributed by atoms with E-state index in [2.05, 4.69) is 20.5 Å². The zero-order chi connectivity index (χ0) is 20.2. The molecule has 3 heterocycles. The molecule has 4 rings (SSSR count). The van der Waals surface area contributed by atoms with Crippen LogP contribution in [0.15, 0.2) is 43.0 Å². The largest absolute Gasteiger partial charge is 0.445 e. The molecule has 2 unspecified atom stereocenters. The van der Waals surface area contributed by atoms with Crippen LogP contribution in [-0.2, 0) is 11.3 Å². The van der Waals surface area contributed by atoms with Gasteiger partial charge in [-0.15, -0.1) is 10.2 Å². The zero-order valence-corrected chi connectivity index (χ0v) is 16.2. The van der Waals surface area contributed by atoms with Gasteiger partial charge in [0.2, 0.25) is 5.65 Å². The Morgan fingerprint density at radius 3 is 2.97 bits per heavy atom. The quantitative estimate of drug-likeness (QED) is 0.711. The van der Waals surface area contributed by atoms with Crippen molar-refractivity contribution in [2.24, 2.45) is 5.92 Å². The maximum atomic E-state index is 14.7. The van der Waals surface area contributed by atoms with E-state index in [9.17, 15) is 9.18 Å². The number of carbonyl (C=O) groups excluding carboxylic acids is 1. The molecule has 9 heteroatoms. The summed E-state index contributed by atoms with van der Waals surface area (Å²) in [5, 5.41) is 11.0. The first-order valence-corrected chi connectivity index (χ1v) is 9.59. The molecule has 2 aromatic heterocycles. The van der Waals surface area contributed by atoms with Gasteiger partial charge in [-0.25, -0.2) is 14.2 Å². The third-order valence-electron chi connectivity index (χ3n) is 5.16. The third-order valence-corrected chi connectivity index (χ3v) is 5.16. The van der Waals surface area contributed by atoms with Crippen molar-refractivity contribution in [1.82, 2.24) is 24.5 Å². The molecule has 1 N–H and O–H groups in total. The maximum absolute atomic E-state index is 14.7. The number of carbonyl (C=O) groups is 1. The topological polar surface area (TPSA) is 84.7 Å². The van der Waals surface area contributed by atoms with E-state index in [1.54, 1.807) is 23.1 Å². The minimum Gasteiger partial charge on any atom is -0.445 e. The standard InChI is InChI=1S/C20H23FN6O2/c1-14-2-4-15(5-3-14)12-29-20(28)26-8-6-16(17(21)11-26)10-23-18-19-25-24-13-27(19)9-7-22-18/h2-5,7,9,13,16-17H,6,8,10-12H2,1H3,(H,22,23). The van der Waals surface area contributed by atoms with E-state index < -0.39 is 12.3 Å². The van der Waals surface area contributed by atoms with E-state index in [1.165, 1.54) is 4.90 Å². The van der Waals surface area contributed by atoms with Gasteiger partial charge in [0, 0.05) is 31.4 Å². The molecule has 0 spiro atoms. The number of nitrogens with zero attached hydrogens (tertiary/aromatic N) is 5. The van der Waals surface area contributed by atoms with Gasteiger partial charge in [-0.05, 0) is 18.9 Å². The number of halogens is 1. The second kappa shape index (κ2) is 8.42. The molecule has 152 valence electrons. The van der Waals surface area contributed by atoms with Crippen LogP contribution in [0.1, 0.15) is 17.5 Å². The lowest BCUT2D eigenvalue weighted by atomic mass is 9.95. The number of hydrogen-bond acceptors (Lipinski definition) is 6. The second-order valence-corrected chi connectivity index (χ2v) is 7.27. The first kappa shape index (κ1) is 19.1. The number of aryl methyl sites for hydroxylation is 1. The lowest BCUT2D eigenvalue weighted by molar-refractivity contribution is 0.0544. The normalized spacial score (nSPS) is 19.3. The molecule has 1 amide bonds. The average Bonchev–Trinajstić information content (AvgIpc) is 3.22. The van der Waals surface area contributed by atoms with Crippen molar-refractivity contribution in [2.45, 2.75) is 26.1 Å². The highest BCUT2D eigenvalue weighted by Crippen LogP contribution is 2.22. The number of aromatic nitrogens is 4. The summed E-state index contributed by atoms with van der Waals surface area (Å²) in [5.74, 6) is 0.346. The Labute approximate surface area is 167 Å². The van der Waals surface area contributed by atoms with Gasteiger partial charge in [0.1, 0.15) is 19.1 Å². The molecule has 29 heavy (non-hydrogen) atoms. The van der Waals surface area contributed by atoms with Gasteiger partial charge in [0.05, 0.1) is 6.54 Å². The van der Waals surface area contributed by atoms with Gasteiger partial charge in [-0.2, -0.15) is 0 Å². The van der Waals surface area contributed by atoms with Crippen LogP contribution in [0.25, 0.3) is 5.65 Å². The molecule has 1 aliphatic rings. The Bertz CT molecular complexity index is 977. The molecule has 0 radical (unpaired) electrons. The average molecular weight is 398 g/mol.